The summed E-state index contributed by atoms with van der Waals surface area (Å²) in [5.41, 5.74) is 12.2. The van der Waals surface area contributed by atoms with E-state index in [-0.39, 0.29) is 23.1 Å². The maximum Gasteiger partial charge on any atom is 0.233 e. The number of aromatic nitrogens is 3. The number of nitrogens with one attached hydrogen (secondary N) is 1. The Morgan fingerprint density at radius 3 is 2.45 bits per heavy atom. The van der Waals surface area contributed by atoms with Gasteiger partial charge in [-0.2, -0.15) is 15.0 Å². The lowest BCUT2D eigenvalue weighted by Crippen LogP contribution is -2.32. The highest BCUT2D eigenvalue weighted by molar-refractivity contribution is 8.00. The largest absolute Gasteiger partial charge is 0.368 e. The Labute approximate surface area is 132 Å². The van der Waals surface area contributed by atoms with Gasteiger partial charge in [-0.15, -0.1) is 0 Å². The van der Waals surface area contributed by atoms with Gasteiger partial charge in [-0.25, -0.2) is 0 Å². The standard InChI is InChI=1S/C14H18N6OS/c1-9(22-14-19-12(15)18-13(16)20-14)11(21)17-8-7-10-5-3-2-4-6-10/h2-6,9H,7-8H2,1H3,(H,17,21)(H4,15,16,18,19,20)/t9-/m0/s1. The summed E-state index contributed by atoms with van der Waals surface area (Å²) in [7, 11) is 0. The molecule has 5 N–H and O–H groups in total. The average molecular weight is 318 g/mol. The number of hydrogen-bond acceptors (Lipinski definition) is 7. The van der Waals surface area contributed by atoms with Crippen LogP contribution in [0.25, 0.3) is 0 Å². The van der Waals surface area contributed by atoms with Gasteiger partial charge < -0.3 is 16.8 Å². The number of benzene rings is 1. The summed E-state index contributed by atoms with van der Waals surface area (Å²) < 4.78 is 0. The molecule has 116 valence electrons. The molecule has 22 heavy (non-hydrogen) atoms. The summed E-state index contributed by atoms with van der Waals surface area (Å²) in [4.78, 5) is 23.6. The lowest BCUT2D eigenvalue weighted by atomic mass is 10.1. The number of carbonyl (C=O) groups excluding carboxylic acids is 1. The second-order valence-electron chi connectivity index (χ2n) is 4.62. The number of nitrogen functional groups attached to an aromatic ring is 2. The third kappa shape index (κ3) is 4.88. The molecular weight excluding hydrogens is 300 g/mol. The van der Waals surface area contributed by atoms with Gasteiger partial charge in [0, 0.05) is 6.54 Å². The van der Waals surface area contributed by atoms with Crippen LogP contribution in [0.5, 0.6) is 0 Å². The highest BCUT2D eigenvalue weighted by atomic mass is 32.2. The normalized spacial score (nSPS) is 11.9. The Hall–Kier alpha value is -2.35. The number of thioether (sulfide) groups is 1. The summed E-state index contributed by atoms with van der Waals surface area (Å²) in [6.45, 7) is 2.36. The van der Waals surface area contributed by atoms with E-state index in [1.54, 1.807) is 6.92 Å². The van der Waals surface area contributed by atoms with Crippen molar-refractivity contribution in [2.45, 2.75) is 23.8 Å². The quantitative estimate of drug-likeness (QED) is 0.676. The fourth-order valence-corrected chi connectivity index (χ4v) is 2.57. The van der Waals surface area contributed by atoms with E-state index in [0.717, 1.165) is 6.42 Å². The lowest BCUT2D eigenvalue weighted by molar-refractivity contribution is -0.120. The third-order valence-corrected chi connectivity index (χ3v) is 3.82. The first-order chi connectivity index (χ1) is 10.5. The minimum absolute atomic E-state index is 0.0479. The van der Waals surface area contributed by atoms with Crippen LogP contribution < -0.4 is 16.8 Å². The first-order valence-electron chi connectivity index (χ1n) is 6.80. The molecule has 1 atom stereocenters. The van der Waals surface area contributed by atoms with Crippen molar-refractivity contribution in [3.05, 3.63) is 35.9 Å². The number of carbonyl (C=O) groups is 1. The van der Waals surface area contributed by atoms with Crippen LogP contribution in [0.2, 0.25) is 0 Å². The predicted molar refractivity (Wildman–Crippen MR) is 87.1 cm³/mol. The molecule has 0 bridgehead atoms. The van der Waals surface area contributed by atoms with E-state index in [1.807, 2.05) is 30.3 Å². The van der Waals surface area contributed by atoms with Crippen molar-refractivity contribution in [3.63, 3.8) is 0 Å². The van der Waals surface area contributed by atoms with Gasteiger partial charge in [0.15, 0.2) is 5.16 Å². The third-order valence-electron chi connectivity index (χ3n) is 2.86. The smallest absolute Gasteiger partial charge is 0.233 e. The average Bonchev–Trinajstić information content (AvgIpc) is 2.47. The zero-order chi connectivity index (χ0) is 15.9. The molecule has 0 aliphatic carbocycles. The van der Waals surface area contributed by atoms with Crippen LogP contribution in [0, 0.1) is 0 Å². The summed E-state index contributed by atoms with van der Waals surface area (Å²) in [6.07, 6.45) is 0.787. The number of hydrogen-bond donors (Lipinski definition) is 3. The first kappa shape index (κ1) is 16.0. The Balaban J connectivity index is 1.81. The number of nitrogens with two attached hydrogens (primary N) is 2. The minimum atomic E-state index is -0.350. The van der Waals surface area contributed by atoms with Crippen molar-refractivity contribution in [1.29, 1.82) is 0 Å². The van der Waals surface area contributed by atoms with Gasteiger partial charge in [0.25, 0.3) is 0 Å². The van der Waals surface area contributed by atoms with Gasteiger partial charge in [0.05, 0.1) is 5.25 Å². The molecule has 0 radical (unpaired) electrons. The van der Waals surface area contributed by atoms with Crippen LogP contribution in [-0.4, -0.2) is 32.7 Å². The molecule has 2 rings (SSSR count). The monoisotopic (exact) mass is 318 g/mol. The van der Waals surface area contributed by atoms with Gasteiger partial charge in [-0.05, 0) is 18.9 Å². The van der Waals surface area contributed by atoms with E-state index >= 15 is 0 Å². The molecule has 7 nitrogen and oxygen atoms in total. The SMILES string of the molecule is C[C@H](Sc1nc(N)nc(N)n1)C(=O)NCCc1ccccc1. The molecule has 1 amide bonds. The second-order valence-corrected chi connectivity index (χ2v) is 5.93. The second kappa shape index (κ2) is 7.60. The fourth-order valence-electron chi connectivity index (χ4n) is 1.77. The number of nitrogens with zero attached hydrogens (tertiary/aromatic N) is 3. The summed E-state index contributed by atoms with van der Waals surface area (Å²) in [5.74, 6) is 0.0110. The van der Waals surface area contributed by atoms with E-state index in [2.05, 4.69) is 20.3 Å². The van der Waals surface area contributed by atoms with Crippen molar-refractivity contribution in [1.82, 2.24) is 20.3 Å². The highest BCUT2D eigenvalue weighted by Crippen LogP contribution is 2.20. The van der Waals surface area contributed by atoms with Crippen molar-refractivity contribution >= 4 is 29.6 Å². The summed E-state index contributed by atoms with van der Waals surface area (Å²) in [6, 6.07) is 9.98. The van der Waals surface area contributed by atoms with Gasteiger partial charge in [0.1, 0.15) is 0 Å². The summed E-state index contributed by atoms with van der Waals surface area (Å²) >= 11 is 1.19. The van der Waals surface area contributed by atoms with Crippen LogP contribution in [0.1, 0.15) is 12.5 Å². The van der Waals surface area contributed by atoms with E-state index < -0.39 is 0 Å². The first-order valence-corrected chi connectivity index (χ1v) is 7.68. The van der Waals surface area contributed by atoms with Gasteiger partial charge in [-0.3, -0.25) is 4.79 Å². The van der Waals surface area contributed by atoms with Crippen LogP contribution in [0.4, 0.5) is 11.9 Å². The molecule has 8 heteroatoms. The molecule has 1 aromatic heterocycles. The van der Waals surface area contributed by atoms with Crippen LogP contribution in [0.3, 0.4) is 0 Å². The number of amides is 1. The van der Waals surface area contributed by atoms with E-state index in [0.29, 0.717) is 11.7 Å². The Morgan fingerprint density at radius 1 is 1.18 bits per heavy atom. The van der Waals surface area contributed by atoms with Gasteiger partial charge in [-0.1, -0.05) is 42.1 Å². The Bertz CT molecular complexity index is 616. The molecule has 0 fully saturated rings. The lowest BCUT2D eigenvalue weighted by Gasteiger charge is -2.11. The van der Waals surface area contributed by atoms with Crippen LogP contribution in [0.15, 0.2) is 35.5 Å². The Kier molecular flexibility index (Phi) is 5.54. The van der Waals surface area contributed by atoms with E-state index in [4.69, 9.17) is 11.5 Å². The molecular formula is C14H18N6OS. The molecule has 0 unspecified atom stereocenters. The summed E-state index contributed by atoms with van der Waals surface area (Å²) in [5, 5.41) is 2.88. The molecule has 0 saturated carbocycles. The predicted octanol–water partition coefficient (Wildman–Crippen LogP) is 0.875. The zero-order valence-corrected chi connectivity index (χ0v) is 13.0. The molecule has 0 saturated heterocycles. The zero-order valence-electron chi connectivity index (χ0n) is 12.2. The van der Waals surface area contributed by atoms with Crippen LogP contribution in [-0.2, 0) is 11.2 Å². The van der Waals surface area contributed by atoms with E-state index in [9.17, 15) is 4.79 Å². The molecule has 0 aliphatic heterocycles. The molecule has 1 heterocycles. The number of rotatable bonds is 6. The Morgan fingerprint density at radius 2 is 1.82 bits per heavy atom. The molecule has 0 aliphatic rings. The molecule has 2 aromatic rings. The molecule has 1 aromatic carbocycles. The van der Waals surface area contributed by atoms with Crippen molar-refractivity contribution in [3.8, 4) is 0 Å². The van der Waals surface area contributed by atoms with Crippen molar-refractivity contribution in [2.75, 3.05) is 18.0 Å². The topological polar surface area (TPSA) is 120 Å². The maximum absolute atomic E-state index is 12.0. The highest BCUT2D eigenvalue weighted by Gasteiger charge is 2.16. The van der Waals surface area contributed by atoms with Gasteiger partial charge in [0.2, 0.25) is 17.8 Å². The molecule has 0 spiro atoms. The van der Waals surface area contributed by atoms with Gasteiger partial charge >= 0.3 is 0 Å². The van der Waals surface area contributed by atoms with Crippen molar-refractivity contribution < 1.29 is 4.79 Å². The minimum Gasteiger partial charge on any atom is -0.368 e. The fraction of sp³-hybridized carbons (Fsp3) is 0.286. The number of anilines is 2. The van der Waals surface area contributed by atoms with E-state index in [1.165, 1.54) is 17.3 Å². The van der Waals surface area contributed by atoms with Crippen LogP contribution >= 0.6 is 11.8 Å². The van der Waals surface area contributed by atoms with Crippen molar-refractivity contribution in [2.24, 2.45) is 0 Å². The maximum atomic E-state index is 12.0.